The number of H-pyrrole nitrogens is 1. The Morgan fingerprint density at radius 3 is 3.18 bits per heavy atom. The van der Waals surface area contributed by atoms with Gasteiger partial charge in [0.1, 0.15) is 6.04 Å². The second kappa shape index (κ2) is 5.09. The van der Waals surface area contributed by atoms with Crippen LogP contribution in [-0.2, 0) is 11.3 Å². The molecular formula is C9H12N4O3S. The molecule has 0 saturated carbocycles. The molecule has 2 amide bonds. The molecule has 1 aliphatic rings. The summed E-state index contributed by atoms with van der Waals surface area (Å²) in [6, 6.07) is -1.10. The number of amides is 2. The van der Waals surface area contributed by atoms with E-state index < -0.39 is 12.0 Å². The number of nitrogens with one attached hydrogen (secondary N) is 2. The van der Waals surface area contributed by atoms with E-state index in [0.717, 1.165) is 5.69 Å². The number of imidazole rings is 1. The molecule has 92 valence electrons. The fraction of sp³-hybridized carbons (Fsp3) is 0.444. The summed E-state index contributed by atoms with van der Waals surface area (Å²) in [5.41, 5.74) is 0.775. The van der Waals surface area contributed by atoms with E-state index in [1.807, 2.05) is 0 Å². The third-order valence-corrected chi connectivity index (χ3v) is 3.43. The highest BCUT2D eigenvalue weighted by atomic mass is 32.2. The predicted octanol–water partition coefficient (Wildman–Crippen LogP) is 0.0788. The van der Waals surface area contributed by atoms with Crippen LogP contribution in [-0.4, -0.2) is 49.6 Å². The molecule has 0 radical (unpaired) electrons. The van der Waals surface area contributed by atoms with Gasteiger partial charge in [0, 0.05) is 11.9 Å². The largest absolute Gasteiger partial charge is 0.480 e. The molecule has 0 spiro atoms. The second-order valence-corrected chi connectivity index (χ2v) is 4.56. The van der Waals surface area contributed by atoms with Crippen LogP contribution in [0, 0.1) is 0 Å². The topological polar surface area (TPSA) is 98.3 Å². The lowest BCUT2D eigenvalue weighted by Crippen LogP contribution is -2.46. The average Bonchev–Trinajstić information content (AvgIpc) is 2.96. The fourth-order valence-corrected chi connectivity index (χ4v) is 2.65. The normalized spacial score (nSPS) is 19.3. The van der Waals surface area contributed by atoms with Crippen LogP contribution in [0.3, 0.4) is 0 Å². The first-order chi connectivity index (χ1) is 8.18. The highest BCUT2D eigenvalue weighted by Gasteiger charge is 2.34. The lowest BCUT2D eigenvalue weighted by atomic mass is 10.3. The van der Waals surface area contributed by atoms with Gasteiger partial charge in [-0.15, -0.1) is 11.8 Å². The maximum absolute atomic E-state index is 11.8. The summed E-state index contributed by atoms with van der Waals surface area (Å²) in [4.78, 5) is 30.7. The Balaban J connectivity index is 1.89. The smallest absolute Gasteiger partial charge is 0.327 e. The van der Waals surface area contributed by atoms with Gasteiger partial charge in [0.15, 0.2) is 0 Å². The van der Waals surface area contributed by atoms with Gasteiger partial charge in [-0.05, 0) is 0 Å². The van der Waals surface area contributed by atoms with Crippen molar-refractivity contribution in [1.82, 2.24) is 20.2 Å². The minimum absolute atomic E-state index is 0.312. The van der Waals surface area contributed by atoms with E-state index in [0.29, 0.717) is 18.2 Å². The molecule has 1 aromatic heterocycles. The van der Waals surface area contributed by atoms with Crippen molar-refractivity contribution < 1.29 is 14.7 Å². The van der Waals surface area contributed by atoms with E-state index in [2.05, 4.69) is 15.3 Å². The quantitative estimate of drug-likeness (QED) is 0.711. The molecule has 3 N–H and O–H groups in total. The van der Waals surface area contributed by atoms with E-state index in [1.54, 1.807) is 6.20 Å². The molecule has 0 aliphatic carbocycles. The number of nitrogens with zero attached hydrogens (tertiary/aromatic N) is 2. The molecule has 0 bridgehead atoms. The Bertz CT molecular complexity index is 408. The first-order valence-electron chi connectivity index (χ1n) is 5.01. The van der Waals surface area contributed by atoms with Gasteiger partial charge in [0.25, 0.3) is 0 Å². The molecule has 2 heterocycles. The minimum atomic E-state index is -0.966. The van der Waals surface area contributed by atoms with Crippen molar-refractivity contribution in [2.24, 2.45) is 0 Å². The van der Waals surface area contributed by atoms with E-state index in [4.69, 9.17) is 5.11 Å². The highest BCUT2D eigenvalue weighted by Crippen LogP contribution is 2.20. The van der Waals surface area contributed by atoms with E-state index in [-0.39, 0.29) is 6.03 Å². The number of aliphatic carboxylic acids is 1. The van der Waals surface area contributed by atoms with Gasteiger partial charge in [-0.3, -0.25) is 0 Å². The molecule has 2 rings (SSSR count). The number of aromatic amines is 1. The number of carbonyl (C=O) groups is 2. The Morgan fingerprint density at radius 2 is 2.53 bits per heavy atom. The van der Waals surface area contributed by atoms with Gasteiger partial charge >= 0.3 is 12.0 Å². The molecule has 1 aromatic rings. The molecule has 1 fully saturated rings. The van der Waals surface area contributed by atoms with Crippen LogP contribution in [0.4, 0.5) is 4.79 Å². The fourth-order valence-electron chi connectivity index (χ4n) is 1.50. The molecular weight excluding hydrogens is 244 g/mol. The van der Waals surface area contributed by atoms with Crippen LogP contribution >= 0.6 is 11.8 Å². The van der Waals surface area contributed by atoms with Crippen molar-refractivity contribution in [3.05, 3.63) is 18.2 Å². The molecule has 1 unspecified atom stereocenters. The maximum atomic E-state index is 11.8. The minimum Gasteiger partial charge on any atom is -0.480 e. The zero-order chi connectivity index (χ0) is 12.3. The van der Waals surface area contributed by atoms with Gasteiger partial charge in [-0.2, -0.15) is 0 Å². The molecule has 1 atom stereocenters. The zero-order valence-corrected chi connectivity index (χ0v) is 9.74. The summed E-state index contributed by atoms with van der Waals surface area (Å²) in [7, 11) is 0. The summed E-state index contributed by atoms with van der Waals surface area (Å²) in [6.07, 6.45) is 3.13. The number of hydrogen-bond donors (Lipinski definition) is 3. The molecule has 17 heavy (non-hydrogen) atoms. The number of carbonyl (C=O) groups excluding carboxylic acids is 1. The van der Waals surface area contributed by atoms with Gasteiger partial charge in [0.2, 0.25) is 0 Å². The SMILES string of the molecule is O=C(O)C1CSCN1C(=O)NCc1cnc[nH]1. The van der Waals surface area contributed by atoms with Crippen molar-refractivity contribution in [1.29, 1.82) is 0 Å². The van der Waals surface area contributed by atoms with Crippen LogP contribution in [0.1, 0.15) is 5.69 Å². The predicted molar refractivity (Wildman–Crippen MR) is 61.4 cm³/mol. The zero-order valence-electron chi connectivity index (χ0n) is 8.92. The average molecular weight is 256 g/mol. The second-order valence-electron chi connectivity index (χ2n) is 3.56. The van der Waals surface area contributed by atoms with Crippen molar-refractivity contribution in [3.63, 3.8) is 0 Å². The Morgan fingerprint density at radius 1 is 1.71 bits per heavy atom. The molecule has 0 aromatic carbocycles. The Hall–Kier alpha value is -1.70. The first-order valence-corrected chi connectivity index (χ1v) is 6.16. The van der Waals surface area contributed by atoms with Crippen molar-refractivity contribution in [2.75, 3.05) is 11.6 Å². The van der Waals surface area contributed by atoms with Gasteiger partial charge < -0.3 is 20.3 Å². The number of aromatic nitrogens is 2. The summed E-state index contributed by atoms with van der Waals surface area (Å²) < 4.78 is 0. The summed E-state index contributed by atoms with van der Waals surface area (Å²) >= 11 is 1.43. The van der Waals surface area contributed by atoms with Gasteiger partial charge in [-0.25, -0.2) is 14.6 Å². The van der Waals surface area contributed by atoms with E-state index >= 15 is 0 Å². The van der Waals surface area contributed by atoms with Gasteiger partial charge in [-0.1, -0.05) is 0 Å². The van der Waals surface area contributed by atoms with Crippen LogP contribution < -0.4 is 5.32 Å². The molecule has 7 nitrogen and oxygen atoms in total. The number of rotatable bonds is 3. The monoisotopic (exact) mass is 256 g/mol. The number of carboxylic acids is 1. The van der Waals surface area contributed by atoms with Crippen LogP contribution in [0.5, 0.6) is 0 Å². The maximum Gasteiger partial charge on any atom is 0.327 e. The van der Waals surface area contributed by atoms with E-state index in [1.165, 1.54) is 23.0 Å². The third kappa shape index (κ3) is 2.70. The first kappa shape index (κ1) is 11.8. The van der Waals surface area contributed by atoms with Crippen molar-refractivity contribution in [3.8, 4) is 0 Å². The van der Waals surface area contributed by atoms with E-state index in [9.17, 15) is 9.59 Å². The molecule has 1 saturated heterocycles. The van der Waals surface area contributed by atoms with Crippen LogP contribution in [0.25, 0.3) is 0 Å². The highest BCUT2D eigenvalue weighted by molar-refractivity contribution is 7.99. The lowest BCUT2D eigenvalue weighted by molar-refractivity contribution is -0.140. The number of urea groups is 1. The molecule has 1 aliphatic heterocycles. The van der Waals surface area contributed by atoms with Gasteiger partial charge in [0.05, 0.1) is 24.4 Å². The molecule has 8 heteroatoms. The summed E-state index contributed by atoms with van der Waals surface area (Å²) in [5, 5.41) is 11.6. The number of thioether (sulfide) groups is 1. The number of carboxylic acid groups (broad SMARTS) is 1. The number of hydrogen-bond acceptors (Lipinski definition) is 4. The van der Waals surface area contributed by atoms with Crippen molar-refractivity contribution >= 4 is 23.8 Å². The van der Waals surface area contributed by atoms with Crippen LogP contribution in [0.2, 0.25) is 0 Å². The van der Waals surface area contributed by atoms with Crippen molar-refractivity contribution in [2.45, 2.75) is 12.6 Å². The standard InChI is InChI=1S/C9H12N4O3S/c14-8(15)7-3-17-5-13(7)9(16)11-2-6-1-10-4-12-6/h1,4,7H,2-3,5H2,(H,10,12)(H,11,16)(H,14,15). The summed E-state index contributed by atoms with van der Waals surface area (Å²) in [5.74, 6) is -0.120. The Kier molecular flexibility index (Phi) is 3.52. The Labute approximate surface area is 102 Å². The lowest BCUT2D eigenvalue weighted by Gasteiger charge is -2.20. The third-order valence-electron chi connectivity index (χ3n) is 2.41. The summed E-state index contributed by atoms with van der Waals surface area (Å²) in [6.45, 7) is 0.312. The van der Waals surface area contributed by atoms with Crippen LogP contribution in [0.15, 0.2) is 12.5 Å².